The molecule has 1 aromatic rings. The zero-order chi connectivity index (χ0) is 20.1. The molecule has 1 aromatic heterocycles. The second-order valence-electron chi connectivity index (χ2n) is 7.44. The summed E-state index contributed by atoms with van der Waals surface area (Å²) in [7, 11) is -1.78. The summed E-state index contributed by atoms with van der Waals surface area (Å²) >= 11 is 0. The first-order valence-corrected chi connectivity index (χ1v) is 11.5. The van der Waals surface area contributed by atoms with Crippen molar-refractivity contribution in [3.63, 3.8) is 0 Å². The van der Waals surface area contributed by atoms with Gasteiger partial charge in [-0.3, -0.25) is 0 Å². The molecule has 2 fully saturated rings. The van der Waals surface area contributed by atoms with Gasteiger partial charge in [-0.05, 0) is 19.3 Å². The molecular formula is C17H29N5O5S. The van der Waals surface area contributed by atoms with Crippen LogP contribution in [0.25, 0.3) is 0 Å². The number of methoxy groups -OCH3 is 1. The van der Waals surface area contributed by atoms with E-state index in [1.54, 1.807) is 12.0 Å². The number of nitrogens with one attached hydrogen (secondary N) is 1. The third-order valence-corrected chi connectivity index (χ3v) is 6.61. The molecule has 2 aliphatic rings. The van der Waals surface area contributed by atoms with Gasteiger partial charge in [0.1, 0.15) is 0 Å². The fourth-order valence-electron chi connectivity index (χ4n) is 3.35. The molecule has 0 unspecified atom stereocenters. The van der Waals surface area contributed by atoms with Crippen LogP contribution in [0.4, 0.5) is 4.79 Å². The number of likely N-dealkylation sites (tertiary alicyclic amines) is 1. The van der Waals surface area contributed by atoms with Gasteiger partial charge in [0.05, 0.1) is 12.3 Å². The Balaban J connectivity index is 1.47. The molecule has 0 atom stereocenters. The van der Waals surface area contributed by atoms with Crippen LogP contribution in [-0.4, -0.2) is 86.0 Å². The van der Waals surface area contributed by atoms with Gasteiger partial charge in [-0.25, -0.2) is 13.2 Å². The van der Waals surface area contributed by atoms with E-state index in [1.165, 1.54) is 17.0 Å². The first-order chi connectivity index (χ1) is 13.4. The average molecular weight is 416 g/mol. The molecule has 2 heterocycles. The van der Waals surface area contributed by atoms with Crippen LogP contribution in [0.5, 0.6) is 0 Å². The monoisotopic (exact) mass is 415 g/mol. The third kappa shape index (κ3) is 5.21. The van der Waals surface area contributed by atoms with Gasteiger partial charge >= 0.3 is 6.03 Å². The number of aromatic nitrogens is 2. The quantitative estimate of drug-likeness (QED) is 0.555. The van der Waals surface area contributed by atoms with Crippen molar-refractivity contribution in [3.05, 3.63) is 11.7 Å². The van der Waals surface area contributed by atoms with Crippen LogP contribution >= 0.6 is 0 Å². The van der Waals surface area contributed by atoms with E-state index in [0.29, 0.717) is 50.3 Å². The van der Waals surface area contributed by atoms with Crippen LogP contribution in [0.2, 0.25) is 0 Å². The van der Waals surface area contributed by atoms with Crippen molar-refractivity contribution >= 4 is 16.1 Å². The Morgan fingerprint density at radius 3 is 2.75 bits per heavy atom. The highest BCUT2D eigenvalue weighted by molar-refractivity contribution is 7.88. The predicted octanol–water partition coefficient (Wildman–Crippen LogP) is 0.572. The Morgan fingerprint density at radius 1 is 1.39 bits per heavy atom. The molecule has 0 aromatic carbocycles. The lowest BCUT2D eigenvalue weighted by Gasteiger charge is -2.44. The van der Waals surface area contributed by atoms with Crippen molar-refractivity contribution in [1.29, 1.82) is 0 Å². The van der Waals surface area contributed by atoms with Crippen molar-refractivity contribution in [2.24, 2.45) is 0 Å². The Bertz CT molecular complexity index is 758. The van der Waals surface area contributed by atoms with Crippen molar-refractivity contribution in [1.82, 2.24) is 24.7 Å². The zero-order valence-electron chi connectivity index (χ0n) is 16.5. The minimum Gasteiger partial charge on any atom is -0.385 e. The van der Waals surface area contributed by atoms with E-state index in [0.717, 1.165) is 19.3 Å². The van der Waals surface area contributed by atoms with Crippen LogP contribution in [-0.2, 0) is 21.2 Å². The number of amides is 2. The van der Waals surface area contributed by atoms with Crippen LogP contribution in [0.3, 0.4) is 0 Å². The molecule has 1 N–H and O–H groups in total. The van der Waals surface area contributed by atoms with Crippen LogP contribution < -0.4 is 5.32 Å². The molecule has 11 heteroatoms. The van der Waals surface area contributed by atoms with E-state index in [1.807, 2.05) is 0 Å². The third-order valence-electron chi connectivity index (χ3n) is 5.28. The standard InChI is InChI=1S/C17H29N5O5S/c1-26-10-4-8-18-17(23)21-11-14(12-21)22(28(2,24)25)9-7-15-19-16(27-20-15)13-5-3-6-13/h13-14H,3-12H2,1-2H3,(H,18,23). The van der Waals surface area contributed by atoms with Crippen LogP contribution in [0.15, 0.2) is 4.52 Å². The smallest absolute Gasteiger partial charge is 0.317 e. The molecule has 1 saturated heterocycles. The van der Waals surface area contributed by atoms with E-state index in [-0.39, 0.29) is 18.6 Å². The van der Waals surface area contributed by atoms with Gasteiger partial charge in [0.15, 0.2) is 5.82 Å². The minimum absolute atomic E-state index is 0.177. The van der Waals surface area contributed by atoms with Crippen molar-refractivity contribution in [2.75, 3.05) is 46.2 Å². The first kappa shape index (κ1) is 21.0. The summed E-state index contributed by atoms with van der Waals surface area (Å²) in [6.45, 7) is 2.15. The summed E-state index contributed by atoms with van der Waals surface area (Å²) in [6, 6.07) is -0.401. The molecule has 0 spiro atoms. The van der Waals surface area contributed by atoms with Gasteiger partial charge in [0.2, 0.25) is 15.9 Å². The van der Waals surface area contributed by atoms with Crippen molar-refractivity contribution in [2.45, 2.75) is 44.1 Å². The maximum atomic E-state index is 12.2. The summed E-state index contributed by atoms with van der Waals surface area (Å²) in [4.78, 5) is 18.1. The number of rotatable bonds is 10. The maximum Gasteiger partial charge on any atom is 0.317 e. The number of ether oxygens (including phenoxy) is 1. The highest BCUT2D eigenvalue weighted by Crippen LogP contribution is 2.35. The van der Waals surface area contributed by atoms with E-state index in [4.69, 9.17) is 9.26 Å². The maximum absolute atomic E-state index is 12.2. The summed E-state index contributed by atoms with van der Waals surface area (Å²) in [6.07, 6.45) is 5.65. The number of hydrogen-bond acceptors (Lipinski definition) is 7. The lowest BCUT2D eigenvalue weighted by molar-refractivity contribution is 0.101. The fraction of sp³-hybridized carbons (Fsp3) is 0.824. The van der Waals surface area contributed by atoms with Crippen molar-refractivity contribution < 1.29 is 22.5 Å². The van der Waals surface area contributed by atoms with Gasteiger partial charge in [0.25, 0.3) is 0 Å². The largest absolute Gasteiger partial charge is 0.385 e. The Labute approximate surface area is 165 Å². The normalized spacial score (nSPS) is 18.2. The fourth-order valence-corrected chi connectivity index (χ4v) is 4.44. The second kappa shape index (κ2) is 9.19. The number of hydrogen-bond donors (Lipinski definition) is 1. The van der Waals surface area contributed by atoms with E-state index >= 15 is 0 Å². The SMILES string of the molecule is COCCCNC(=O)N1CC(N(CCc2noc(C3CCC3)n2)S(C)(=O)=O)C1. The number of urea groups is 1. The summed E-state index contributed by atoms with van der Waals surface area (Å²) < 4.78 is 36.1. The molecule has 3 rings (SSSR count). The van der Waals surface area contributed by atoms with Crippen molar-refractivity contribution in [3.8, 4) is 0 Å². The molecule has 0 radical (unpaired) electrons. The topological polar surface area (TPSA) is 118 Å². The first-order valence-electron chi connectivity index (χ1n) is 9.69. The second-order valence-corrected chi connectivity index (χ2v) is 9.37. The minimum atomic E-state index is -3.40. The lowest BCUT2D eigenvalue weighted by Crippen LogP contribution is -2.64. The molecule has 158 valence electrons. The number of sulfonamides is 1. The van der Waals surface area contributed by atoms with Crippen LogP contribution in [0, 0.1) is 0 Å². The highest BCUT2D eigenvalue weighted by Gasteiger charge is 2.38. The highest BCUT2D eigenvalue weighted by atomic mass is 32.2. The van der Waals surface area contributed by atoms with Crippen LogP contribution in [0.1, 0.15) is 43.3 Å². The van der Waals surface area contributed by atoms with E-state index < -0.39 is 10.0 Å². The molecule has 2 amide bonds. The van der Waals surface area contributed by atoms with Gasteiger partial charge < -0.3 is 19.5 Å². The molecule has 28 heavy (non-hydrogen) atoms. The Hall–Kier alpha value is -1.72. The van der Waals surface area contributed by atoms with E-state index in [2.05, 4.69) is 15.5 Å². The molecule has 1 aliphatic heterocycles. The molecule has 0 bridgehead atoms. The lowest BCUT2D eigenvalue weighted by atomic mass is 9.85. The van der Waals surface area contributed by atoms with Gasteiger partial charge in [0, 0.05) is 52.2 Å². The molecule has 1 aliphatic carbocycles. The Kier molecular flexibility index (Phi) is 6.89. The summed E-state index contributed by atoms with van der Waals surface area (Å²) in [5.41, 5.74) is 0. The predicted molar refractivity (Wildman–Crippen MR) is 101 cm³/mol. The number of carbonyl (C=O) groups excluding carboxylic acids is 1. The Morgan fingerprint density at radius 2 is 2.14 bits per heavy atom. The van der Waals surface area contributed by atoms with E-state index in [9.17, 15) is 13.2 Å². The molecule has 10 nitrogen and oxygen atoms in total. The molecule has 1 saturated carbocycles. The average Bonchev–Trinajstić information content (AvgIpc) is 2.98. The summed E-state index contributed by atoms with van der Waals surface area (Å²) in [5.74, 6) is 1.55. The zero-order valence-corrected chi connectivity index (χ0v) is 17.3. The summed E-state index contributed by atoms with van der Waals surface area (Å²) in [5, 5.41) is 6.78. The van der Waals surface area contributed by atoms with Gasteiger partial charge in [-0.1, -0.05) is 11.6 Å². The number of nitrogens with zero attached hydrogens (tertiary/aromatic N) is 4. The molecular weight excluding hydrogens is 386 g/mol. The number of carbonyl (C=O) groups is 1. The van der Waals surface area contributed by atoms with Gasteiger partial charge in [-0.15, -0.1) is 0 Å². The van der Waals surface area contributed by atoms with Gasteiger partial charge in [-0.2, -0.15) is 9.29 Å².